The summed E-state index contributed by atoms with van der Waals surface area (Å²) < 4.78 is 5.01. The molecule has 0 unspecified atom stereocenters. The Morgan fingerprint density at radius 3 is 2.24 bits per heavy atom. The summed E-state index contributed by atoms with van der Waals surface area (Å²) in [6.45, 7) is 1.98. The molecule has 0 atom stereocenters. The van der Waals surface area contributed by atoms with Crippen LogP contribution in [0.2, 0.25) is 0 Å². The van der Waals surface area contributed by atoms with Crippen LogP contribution in [0, 0.1) is 6.92 Å². The van der Waals surface area contributed by atoms with E-state index in [0.717, 1.165) is 11.1 Å². The maximum atomic E-state index is 11.9. The monoisotopic (exact) mass is 336 g/mol. The smallest absolute Gasteiger partial charge is 0.163 e. The number of methoxy groups -OCH3 is 1. The van der Waals surface area contributed by atoms with Crippen LogP contribution in [0.1, 0.15) is 23.1 Å². The minimum Gasteiger partial charge on any atom is -0.504 e. The van der Waals surface area contributed by atoms with Gasteiger partial charge in [-0.05, 0) is 42.3 Å². The van der Waals surface area contributed by atoms with Gasteiger partial charge in [0.2, 0.25) is 0 Å². The lowest BCUT2D eigenvalue weighted by molar-refractivity contribution is -0.121. The van der Waals surface area contributed by atoms with Gasteiger partial charge in [0.25, 0.3) is 0 Å². The van der Waals surface area contributed by atoms with Crippen LogP contribution in [0.15, 0.2) is 54.6 Å². The predicted octanol–water partition coefficient (Wildman–Crippen LogP) is 3.96. The van der Waals surface area contributed by atoms with E-state index in [9.17, 15) is 14.7 Å². The van der Waals surface area contributed by atoms with E-state index in [1.807, 2.05) is 31.2 Å². The third-order valence-electron chi connectivity index (χ3n) is 3.52. The average molecular weight is 336 g/mol. The third-order valence-corrected chi connectivity index (χ3v) is 3.52. The Morgan fingerprint density at radius 1 is 1.00 bits per heavy atom. The second kappa shape index (κ2) is 8.64. The predicted molar refractivity (Wildman–Crippen MR) is 98.5 cm³/mol. The zero-order valence-corrected chi connectivity index (χ0v) is 14.2. The highest BCUT2D eigenvalue weighted by Crippen LogP contribution is 2.26. The molecule has 0 fully saturated rings. The standard InChI is InChI=1S/C21H20O4/c1-15-4-3-5-16(12-15)6-9-18(22)14-19(23)10-7-17-8-11-20(24)21(13-17)25-2/h3-13,24H,14H2,1-2H3/b9-6+,10-7+. The summed E-state index contributed by atoms with van der Waals surface area (Å²) in [5.41, 5.74) is 2.73. The maximum Gasteiger partial charge on any atom is 0.163 e. The minimum absolute atomic E-state index is 0.0300. The van der Waals surface area contributed by atoms with Crippen molar-refractivity contribution in [2.45, 2.75) is 13.3 Å². The number of ketones is 2. The van der Waals surface area contributed by atoms with Crippen molar-refractivity contribution < 1.29 is 19.4 Å². The highest BCUT2D eigenvalue weighted by molar-refractivity contribution is 6.10. The summed E-state index contributed by atoms with van der Waals surface area (Å²) in [5, 5.41) is 9.53. The van der Waals surface area contributed by atoms with Gasteiger partial charge in [-0.15, -0.1) is 0 Å². The number of phenolic OH excluding ortho intramolecular Hbond substituents is 1. The normalized spacial score (nSPS) is 11.1. The average Bonchev–Trinajstić information content (AvgIpc) is 2.59. The van der Waals surface area contributed by atoms with Crippen LogP contribution in [-0.4, -0.2) is 23.8 Å². The molecule has 0 aromatic heterocycles. The van der Waals surface area contributed by atoms with Crippen LogP contribution in [0.25, 0.3) is 12.2 Å². The van der Waals surface area contributed by atoms with Crippen molar-refractivity contribution in [1.82, 2.24) is 0 Å². The van der Waals surface area contributed by atoms with Crippen molar-refractivity contribution in [3.05, 3.63) is 71.3 Å². The number of aryl methyl sites for hydroxylation is 1. The van der Waals surface area contributed by atoms with Crippen molar-refractivity contribution in [3.63, 3.8) is 0 Å². The molecule has 0 radical (unpaired) electrons. The number of rotatable bonds is 7. The summed E-state index contributed by atoms with van der Waals surface area (Å²) in [5.74, 6) is -0.181. The van der Waals surface area contributed by atoms with Crippen molar-refractivity contribution in [2.75, 3.05) is 7.11 Å². The maximum absolute atomic E-state index is 11.9. The molecule has 0 spiro atoms. The zero-order chi connectivity index (χ0) is 18.2. The van der Waals surface area contributed by atoms with Gasteiger partial charge in [-0.1, -0.05) is 48.0 Å². The van der Waals surface area contributed by atoms with Gasteiger partial charge in [0.05, 0.1) is 13.5 Å². The molecule has 0 aliphatic carbocycles. The van der Waals surface area contributed by atoms with E-state index in [1.165, 1.54) is 25.3 Å². The molecule has 0 aliphatic heterocycles. The number of carbonyl (C=O) groups excluding carboxylic acids is 2. The van der Waals surface area contributed by atoms with Gasteiger partial charge in [-0.2, -0.15) is 0 Å². The topological polar surface area (TPSA) is 63.6 Å². The quantitative estimate of drug-likeness (QED) is 0.614. The zero-order valence-electron chi connectivity index (χ0n) is 14.2. The first kappa shape index (κ1) is 18.2. The van der Waals surface area contributed by atoms with Crippen molar-refractivity contribution >= 4 is 23.7 Å². The minimum atomic E-state index is -0.286. The van der Waals surface area contributed by atoms with Gasteiger partial charge in [-0.25, -0.2) is 0 Å². The van der Waals surface area contributed by atoms with Crippen LogP contribution in [0.4, 0.5) is 0 Å². The fourth-order valence-electron chi connectivity index (χ4n) is 2.24. The number of phenols is 1. The lowest BCUT2D eigenvalue weighted by atomic mass is 10.1. The van der Waals surface area contributed by atoms with Gasteiger partial charge >= 0.3 is 0 Å². The van der Waals surface area contributed by atoms with Crippen LogP contribution < -0.4 is 4.74 Å². The number of benzene rings is 2. The number of carbonyl (C=O) groups is 2. The van der Waals surface area contributed by atoms with Gasteiger partial charge < -0.3 is 9.84 Å². The summed E-state index contributed by atoms with van der Waals surface area (Å²) in [4.78, 5) is 23.8. The lowest BCUT2D eigenvalue weighted by Crippen LogP contribution is -2.01. The molecule has 0 saturated carbocycles. The molecular formula is C21H20O4. The van der Waals surface area contributed by atoms with Gasteiger partial charge in [-0.3, -0.25) is 9.59 Å². The Hall–Kier alpha value is -3.14. The van der Waals surface area contributed by atoms with Crippen LogP contribution >= 0.6 is 0 Å². The number of hydrogen-bond donors (Lipinski definition) is 1. The highest BCUT2D eigenvalue weighted by Gasteiger charge is 2.05. The molecule has 4 nitrogen and oxygen atoms in total. The number of aromatic hydroxyl groups is 1. The van der Waals surface area contributed by atoms with Crippen molar-refractivity contribution in [1.29, 1.82) is 0 Å². The second-order valence-corrected chi connectivity index (χ2v) is 5.62. The van der Waals surface area contributed by atoms with Crippen LogP contribution in [-0.2, 0) is 9.59 Å². The third kappa shape index (κ3) is 5.77. The summed E-state index contributed by atoms with van der Waals surface area (Å²) in [6, 6.07) is 12.5. The van der Waals surface area contributed by atoms with Crippen LogP contribution in [0.3, 0.4) is 0 Å². The molecular weight excluding hydrogens is 316 g/mol. The van der Waals surface area contributed by atoms with E-state index in [2.05, 4.69) is 0 Å². The van der Waals surface area contributed by atoms with E-state index < -0.39 is 0 Å². The fraction of sp³-hybridized carbons (Fsp3) is 0.143. The number of hydrogen-bond acceptors (Lipinski definition) is 4. The molecule has 4 heteroatoms. The van der Waals surface area contributed by atoms with E-state index in [1.54, 1.807) is 24.3 Å². The Labute approximate surface area is 147 Å². The van der Waals surface area contributed by atoms with E-state index in [0.29, 0.717) is 11.3 Å². The highest BCUT2D eigenvalue weighted by atomic mass is 16.5. The molecule has 0 heterocycles. The summed E-state index contributed by atoms with van der Waals surface area (Å²) in [6.07, 6.45) is 5.88. The molecule has 0 aliphatic rings. The number of ether oxygens (including phenoxy) is 1. The fourth-order valence-corrected chi connectivity index (χ4v) is 2.24. The Morgan fingerprint density at radius 2 is 1.64 bits per heavy atom. The van der Waals surface area contributed by atoms with Gasteiger partial charge in [0.15, 0.2) is 23.1 Å². The molecule has 0 bridgehead atoms. The van der Waals surface area contributed by atoms with Crippen LogP contribution in [0.5, 0.6) is 11.5 Å². The first-order valence-electron chi connectivity index (χ1n) is 7.83. The van der Waals surface area contributed by atoms with E-state index in [4.69, 9.17) is 4.74 Å². The molecule has 1 N–H and O–H groups in total. The van der Waals surface area contributed by atoms with Gasteiger partial charge in [0.1, 0.15) is 0 Å². The Balaban J connectivity index is 1.94. The van der Waals surface area contributed by atoms with Crippen molar-refractivity contribution in [2.24, 2.45) is 0 Å². The molecule has 2 aromatic rings. The molecule has 128 valence electrons. The van der Waals surface area contributed by atoms with Crippen molar-refractivity contribution in [3.8, 4) is 11.5 Å². The number of allylic oxidation sites excluding steroid dienone is 2. The molecule has 0 saturated heterocycles. The first-order chi connectivity index (χ1) is 12.0. The van der Waals surface area contributed by atoms with E-state index in [-0.39, 0.29) is 23.7 Å². The lowest BCUT2D eigenvalue weighted by Gasteiger charge is -2.03. The Kier molecular flexibility index (Phi) is 6.29. The molecule has 25 heavy (non-hydrogen) atoms. The van der Waals surface area contributed by atoms with Gasteiger partial charge in [0, 0.05) is 0 Å². The molecule has 2 aromatic carbocycles. The summed E-state index contributed by atoms with van der Waals surface area (Å²) in [7, 11) is 1.45. The second-order valence-electron chi connectivity index (χ2n) is 5.62. The first-order valence-corrected chi connectivity index (χ1v) is 7.83. The van der Waals surface area contributed by atoms with E-state index >= 15 is 0 Å². The summed E-state index contributed by atoms with van der Waals surface area (Å²) >= 11 is 0. The SMILES string of the molecule is COc1cc(/C=C/C(=O)CC(=O)/C=C/c2cccc(C)c2)ccc1O. The molecule has 0 amide bonds. The Bertz CT molecular complexity index is 832. The molecule has 2 rings (SSSR count). The largest absolute Gasteiger partial charge is 0.504 e.